The molecule has 0 aromatic heterocycles. The first-order valence-electron chi connectivity index (χ1n) is 6.53. The van der Waals surface area contributed by atoms with E-state index in [-0.39, 0.29) is 30.0 Å². The molecular weight excluding hydrogens is 326 g/mol. The zero-order valence-corrected chi connectivity index (χ0v) is 13.1. The Hall–Kier alpha value is -2.39. The first-order valence-corrected chi connectivity index (χ1v) is 8.01. The number of carboxylic acids is 2. The Morgan fingerprint density at radius 2 is 2.00 bits per heavy atom. The summed E-state index contributed by atoms with van der Waals surface area (Å²) in [5.41, 5.74) is 0.324. The third-order valence-corrected chi connectivity index (χ3v) is 4.22. The lowest BCUT2D eigenvalue weighted by Gasteiger charge is -2.12. The van der Waals surface area contributed by atoms with Crippen molar-refractivity contribution >= 4 is 28.0 Å². The zero-order valence-electron chi connectivity index (χ0n) is 12.3. The van der Waals surface area contributed by atoms with Crippen molar-refractivity contribution in [3.8, 4) is 5.75 Å². The van der Waals surface area contributed by atoms with E-state index in [4.69, 9.17) is 4.74 Å². The van der Waals surface area contributed by atoms with E-state index in [1.165, 1.54) is 31.4 Å². The average Bonchev–Trinajstić information content (AvgIpc) is 2.49. The van der Waals surface area contributed by atoms with Gasteiger partial charge < -0.3 is 24.5 Å². The number of sulfonamides is 1. The van der Waals surface area contributed by atoms with Crippen LogP contribution in [-0.2, 0) is 19.6 Å². The second-order valence-corrected chi connectivity index (χ2v) is 6.17. The summed E-state index contributed by atoms with van der Waals surface area (Å²) < 4.78 is 31.7. The molecule has 0 atom stereocenters. The van der Waals surface area contributed by atoms with Crippen molar-refractivity contribution < 1.29 is 33.0 Å². The number of hydrogen-bond acceptors (Lipinski definition) is 7. The summed E-state index contributed by atoms with van der Waals surface area (Å²) in [6.45, 7) is -0.0847. The molecule has 0 aliphatic heterocycles. The smallest absolute Gasteiger partial charge is 0.244 e. The monoisotopic (exact) mass is 341 g/mol. The fourth-order valence-corrected chi connectivity index (χ4v) is 2.96. The highest BCUT2D eigenvalue weighted by molar-refractivity contribution is 7.89. The van der Waals surface area contributed by atoms with E-state index in [1.54, 1.807) is 0 Å². The van der Waals surface area contributed by atoms with Gasteiger partial charge in [0, 0.05) is 12.5 Å². The van der Waals surface area contributed by atoms with Crippen LogP contribution in [0.4, 0.5) is 0 Å². The standard InChI is InChI=1S/C14H17NO7S/c1-22-11-6-4-10(5-7-14(18)19)9-12(11)23(20,21)15-8-2-3-13(16)17/h4-7,9,15H,2-3,8H2,1H3,(H,16,17)(H,18,19)/p-2/b7-5+. The molecule has 0 aliphatic rings. The van der Waals surface area contributed by atoms with Crippen LogP contribution < -0.4 is 19.7 Å². The summed E-state index contributed by atoms with van der Waals surface area (Å²) in [5, 5.41) is 20.7. The molecule has 23 heavy (non-hydrogen) atoms. The third kappa shape index (κ3) is 6.09. The van der Waals surface area contributed by atoms with Crippen molar-refractivity contribution in [1.82, 2.24) is 4.72 Å². The lowest BCUT2D eigenvalue weighted by atomic mass is 10.2. The first kappa shape index (κ1) is 18.7. The summed E-state index contributed by atoms with van der Waals surface area (Å²) in [7, 11) is -2.65. The third-order valence-electron chi connectivity index (χ3n) is 2.74. The highest BCUT2D eigenvalue weighted by Gasteiger charge is 2.19. The number of benzene rings is 1. The predicted molar refractivity (Wildman–Crippen MR) is 76.5 cm³/mol. The van der Waals surface area contributed by atoms with E-state index in [1.807, 2.05) is 0 Å². The number of rotatable bonds is 9. The lowest BCUT2D eigenvalue weighted by molar-refractivity contribution is -0.306. The van der Waals surface area contributed by atoms with Gasteiger partial charge in [0.25, 0.3) is 0 Å². The summed E-state index contributed by atoms with van der Waals surface area (Å²) in [5.74, 6) is -2.61. The number of hydrogen-bond donors (Lipinski definition) is 1. The number of carboxylic acid groups (broad SMARTS) is 2. The van der Waals surface area contributed by atoms with E-state index < -0.39 is 22.0 Å². The summed E-state index contributed by atoms with van der Waals surface area (Å²) in [4.78, 5) is 20.5. The fraction of sp³-hybridized carbons (Fsp3) is 0.286. The fourth-order valence-electron chi connectivity index (χ4n) is 1.69. The highest BCUT2D eigenvalue weighted by Crippen LogP contribution is 2.25. The Kier molecular flexibility index (Phi) is 6.73. The molecule has 0 heterocycles. The Morgan fingerprint density at radius 3 is 2.57 bits per heavy atom. The van der Waals surface area contributed by atoms with E-state index in [2.05, 4.69) is 4.72 Å². The topological polar surface area (TPSA) is 136 Å². The Labute approximate surface area is 133 Å². The number of carbonyl (C=O) groups is 2. The van der Waals surface area contributed by atoms with Gasteiger partial charge in [0.2, 0.25) is 10.0 Å². The summed E-state index contributed by atoms with van der Waals surface area (Å²) in [6.07, 6.45) is 1.76. The minimum Gasteiger partial charge on any atom is -0.550 e. The van der Waals surface area contributed by atoms with Gasteiger partial charge in [-0.05, 0) is 36.6 Å². The van der Waals surface area contributed by atoms with Gasteiger partial charge in [0.05, 0.1) is 13.1 Å². The van der Waals surface area contributed by atoms with Crippen LogP contribution >= 0.6 is 0 Å². The number of carbonyl (C=O) groups excluding carboxylic acids is 2. The van der Waals surface area contributed by atoms with Gasteiger partial charge in [0.1, 0.15) is 10.6 Å². The minimum absolute atomic E-state index is 0.0722. The predicted octanol–water partition coefficient (Wildman–Crippen LogP) is -1.73. The van der Waals surface area contributed by atoms with Crippen molar-refractivity contribution in [3.63, 3.8) is 0 Å². The van der Waals surface area contributed by atoms with Crippen molar-refractivity contribution in [2.24, 2.45) is 0 Å². The lowest BCUT2D eigenvalue weighted by Crippen LogP contribution is -2.28. The highest BCUT2D eigenvalue weighted by atomic mass is 32.2. The SMILES string of the molecule is COc1ccc(/C=C/C(=O)[O-])cc1S(=O)(=O)NCCCC(=O)[O-]. The quantitative estimate of drug-likeness (QED) is 0.416. The molecule has 0 saturated carbocycles. The Balaban J connectivity index is 3.00. The van der Waals surface area contributed by atoms with Crippen LogP contribution in [-0.4, -0.2) is 34.0 Å². The molecule has 1 aromatic rings. The van der Waals surface area contributed by atoms with Crippen LogP contribution in [0.1, 0.15) is 18.4 Å². The molecule has 0 aliphatic carbocycles. The molecule has 0 fully saturated rings. The van der Waals surface area contributed by atoms with E-state index in [0.29, 0.717) is 5.56 Å². The molecule has 1 rings (SSSR count). The Bertz CT molecular complexity index is 710. The van der Waals surface area contributed by atoms with Gasteiger partial charge >= 0.3 is 0 Å². The van der Waals surface area contributed by atoms with Crippen LogP contribution in [0, 0.1) is 0 Å². The molecule has 0 radical (unpaired) electrons. The second kappa shape index (κ2) is 8.30. The van der Waals surface area contributed by atoms with Crippen molar-refractivity contribution in [3.05, 3.63) is 29.8 Å². The normalized spacial score (nSPS) is 11.5. The maximum absolute atomic E-state index is 12.2. The number of aliphatic carboxylic acids is 2. The molecule has 0 amide bonds. The molecular formula is C14H15NO7S-2. The summed E-state index contributed by atoms with van der Waals surface area (Å²) >= 11 is 0. The molecule has 0 bridgehead atoms. The second-order valence-electron chi connectivity index (χ2n) is 4.44. The molecule has 9 heteroatoms. The molecule has 0 saturated heterocycles. The van der Waals surface area contributed by atoms with Crippen LogP contribution in [0.15, 0.2) is 29.2 Å². The molecule has 126 valence electrons. The minimum atomic E-state index is -3.95. The molecule has 0 unspecified atom stereocenters. The van der Waals surface area contributed by atoms with E-state index in [0.717, 1.165) is 6.08 Å². The number of nitrogens with one attached hydrogen (secondary N) is 1. The number of methoxy groups -OCH3 is 1. The van der Waals surface area contributed by atoms with Crippen LogP contribution in [0.25, 0.3) is 6.08 Å². The van der Waals surface area contributed by atoms with E-state index >= 15 is 0 Å². The van der Waals surface area contributed by atoms with Gasteiger partial charge in [-0.2, -0.15) is 0 Å². The Morgan fingerprint density at radius 1 is 1.30 bits per heavy atom. The van der Waals surface area contributed by atoms with Gasteiger partial charge in [-0.15, -0.1) is 0 Å². The first-order chi connectivity index (χ1) is 10.8. The van der Waals surface area contributed by atoms with Gasteiger partial charge in [-0.1, -0.05) is 12.1 Å². The molecule has 8 nitrogen and oxygen atoms in total. The van der Waals surface area contributed by atoms with Crippen LogP contribution in [0.5, 0.6) is 5.75 Å². The van der Waals surface area contributed by atoms with Crippen LogP contribution in [0.2, 0.25) is 0 Å². The summed E-state index contributed by atoms with van der Waals surface area (Å²) in [6, 6.07) is 4.09. The van der Waals surface area contributed by atoms with Crippen molar-refractivity contribution in [1.29, 1.82) is 0 Å². The van der Waals surface area contributed by atoms with Gasteiger partial charge in [-0.3, -0.25) is 0 Å². The van der Waals surface area contributed by atoms with Crippen molar-refractivity contribution in [2.75, 3.05) is 13.7 Å². The van der Waals surface area contributed by atoms with E-state index in [9.17, 15) is 28.2 Å². The maximum atomic E-state index is 12.2. The van der Waals surface area contributed by atoms with Gasteiger partial charge in [0.15, 0.2) is 0 Å². The van der Waals surface area contributed by atoms with Crippen LogP contribution in [0.3, 0.4) is 0 Å². The maximum Gasteiger partial charge on any atom is 0.244 e. The average molecular weight is 341 g/mol. The molecule has 1 aromatic carbocycles. The zero-order chi connectivity index (χ0) is 17.5. The van der Waals surface area contributed by atoms with Gasteiger partial charge in [-0.25, -0.2) is 13.1 Å². The largest absolute Gasteiger partial charge is 0.550 e. The molecule has 1 N–H and O–H groups in total. The molecule has 0 spiro atoms. The van der Waals surface area contributed by atoms with Crippen molar-refractivity contribution in [2.45, 2.75) is 17.7 Å². The number of ether oxygens (including phenoxy) is 1.